The molecular weight excluding hydrogens is 322 g/mol. The molecule has 1 aliphatic heterocycles. The van der Waals surface area contributed by atoms with Gasteiger partial charge in [0.1, 0.15) is 11.4 Å². The molecule has 1 fully saturated rings. The number of carbonyl (C=O) groups excluding carboxylic acids is 1. The second-order valence-electron chi connectivity index (χ2n) is 6.36. The van der Waals surface area contributed by atoms with Gasteiger partial charge in [-0.2, -0.15) is 0 Å². The van der Waals surface area contributed by atoms with Gasteiger partial charge >= 0.3 is 0 Å². The van der Waals surface area contributed by atoms with Gasteiger partial charge in [-0.15, -0.1) is 11.3 Å². The van der Waals surface area contributed by atoms with Crippen LogP contribution in [-0.4, -0.2) is 35.6 Å². The monoisotopic (exact) mass is 345 g/mol. The molecule has 6 heteroatoms. The molecule has 1 atom stereocenters. The molecule has 0 aromatic carbocycles. The first-order valence-electron chi connectivity index (χ1n) is 8.32. The molecule has 0 saturated carbocycles. The van der Waals surface area contributed by atoms with E-state index in [0.717, 1.165) is 36.6 Å². The minimum absolute atomic E-state index is 0.167. The van der Waals surface area contributed by atoms with E-state index in [2.05, 4.69) is 15.2 Å². The van der Waals surface area contributed by atoms with Gasteiger partial charge in [-0.05, 0) is 49.8 Å². The number of hydrogen-bond donors (Lipinski definition) is 2. The molecule has 2 aromatic heterocycles. The summed E-state index contributed by atoms with van der Waals surface area (Å²) < 4.78 is 0. The predicted molar refractivity (Wildman–Crippen MR) is 96.5 cm³/mol. The SMILES string of the molecule is C[C@](O)(CNC(=O)c1cccnc1N1CCCCC1)c1cccs1. The molecule has 1 aliphatic rings. The third kappa shape index (κ3) is 3.76. The van der Waals surface area contributed by atoms with Crippen molar-refractivity contribution in [2.45, 2.75) is 31.8 Å². The maximum Gasteiger partial charge on any atom is 0.255 e. The highest BCUT2D eigenvalue weighted by atomic mass is 32.1. The molecule has 1 amide bonds. The van der Waals surface area contributed by atoms with Crippen molar-refractivity contribution in [2.75, 3.05) is 24.5 Å². The van der Waals surface area contributed by atoms with Crippen molar-refractivity contribution in [2.24, 2.45) is 0 Å². The van der Waals surface area contributed by atoms with E-state index in [1.54, 1.807) is 25.3 Å². The number of nitrogens with one attached hydrogen (secondary N) is 1. The zero-order valence-electron chi connectivity index (χ0n) is 13.9. The van der Waals surface area contributed by atoms with E-state index in [9.17, 15) is 9.90 Å². The van der Waals surface area contributed by atoms with Crippen molar-refractivity contribution < 1.29 is 9.90 Å². The average Bonchev–Trinajstić information content (AvgIpc) is 3.16. The minimum Gasteiger partial charge on any atom is -0.383 e. The molecule has 1 saturated heterocycles. The number of aliphatic hydroxyl groups is 1. The quantitative estimate of drug-likeness (QED) is 0.874. The van der Waals surface area contributed by atoms with Crippen LogP contribution in [0.3, 0.4) is 0 Å². The number of anilines is 1. The average molecular weight is 345 g/mol. The number of amides is 1. The van der Waals surface area contributed by atoms with Crippen molar-refractivity contribution in [1.29, 1.82) is 0 Å². The van der Waals surface area contributed by atoms with Gasteiger partial charge in [0, 0.05) is 24.2 Å². The Balaban J connectivity index is 1.71. The number of rotatable bonds is 5. The molecule has 0 radical (unpaired) electrons. The van der Waals surface area contributed by atoms with Crippen LogP contribution >= 0.6 is 11.3 Å². The Hall–Kier alpha value is -1.92. The van der Waals surface area contributed by atoms with Crippen LogP contribution in [-0.2, 0) is 5.60 Å². The maximum absolute atomic E-state index is 12.6. The Morgan fingerprint density at radius 3 is 2.83 bits per heavy atom. The standard InChI is InChI=1S/C18H23N3O2S/c1-18(23,15-8-6-12-24-15)13-20-17(22)14-7-5-9-19-16(14)21-10-3-2-4-11-21/h5-9,12,23H,2-4,10-11,13H2,1H3,(H,20,22)/t18-/m0/s1. The number of pyridine rings is 1. The van der Waals surface area contributed by atoms with Crippen LogP contribution in [0.2, 0.25) is 0 Å². The normalized spacial score (nSPS) is 17.3. The van der Waals surface area contributed by atoms with E-state index in [-0.39, 0.29) is 12.5 Å². The summed E-state index contributed by atoms with van der Waals surface area (Å²) in [6.45, 7) is 3.75. The van der Waals surface area contributed by atoms with Gasteiger partial charge in [0.05, 0.1) is 12.1 Å². The predicted octanol–water partition coefficient (Wildman–Crippen LogP) is 2.77. The molecular formula is C18H23N3O2S. The number of nitrogens with zero attached hydrogens (tertiary/aromatic N) is 2. The van der Waals surface area contributed by atoms with Crippen molar-refractivity contribution >= 4 is 23.1 Å². The highest BCUT2D eigenvalue weighted by molar-refractivity contribution is 7.10. The first kappa shape index (κ1) is 16.9. The van der Waals surface area contributed by atoms with Crippen LogP contribution < -0.4 is 10.2 Å². The summed E-state index contributed by atoms with van der Waals surface area (Å²) in [6, 6.07) is 7.35. The van der Waals surface area contributed by atoms with E-state index < -0.39 is 5.60 Å². The molecule has 2 N–H and O–H groups in total. The third-order valence-corrected chi connectivity index (χ3v) is 5.46. The van der Waals surface area contributed by atoms with E-state index in [0.29, 0.717) is 5.56 Å². The topological polar surface area (TPSA) is 65.5 Å². The van der Waals surface area contributed by atoms with Crippen LogP contribution in [0.15, 0.2) is 35.8 Å². The molecule has 5 nitrogen and oxygen atoms in total. The van der Waals surface area contributed by atoms with Crippen LogP contribution in [0.1, 0.15) is 41.4 Å². The third-order valence-electron chi connectivity index (χ3n) is 4.33. The van der Waals surface area contributed by atoms with E-state index in [1.807, 2.05) is 17.5 Å². The van der Waals surface area contributed by atoms with Crippen molar-refractivity contribution in [3.63, 3.8) is 0 Å². The van der Waals surface area contributed by atoms with Crippen molar-refractivity contribution in [3.8, 4) is 0 Å². The molecule has 3 rings (SSSR count). The summed E-state index contributed by atoms with van der Waals surface area (Å²) in [4.78, 5) is 20.1. The fraction of sp³-hybridized carbons (Fsp3) is 0.444. The number of piperidine rings is 1. The van der Waals surface area contributed by atoms with Gasteiger partial charge < -0.3 is 15.3 Å². The van der Waals surface area contributed by atoms with E-state index >= 15 is 0 Å². The minimum atomic E-state index is -1.07. The highest BCUT2D eigenvalue weighted by Crippen LogP contribution is 2.25. The molecule has 0 unspecified atom stereocenters. The molecule has 24 heavy (non-hydrogen) atoms. The van der Waals surface area contributed by atoms with Gasteiger partial charge in [0.15, 0.2) is 0 Å². The van der Waals surface area contributed by atoms with E-state index in [4.69, 9.17) is 0 Å². The first-order valence-corrected chi connectivity index (χ1v) is 9.20. The molecule has 0 bridgehead atoms. The molecule has 3 heterocycles. The number of thiophene rings is 1. The summed E-state index contributed by atoms with van der Waals surface area (Å²) >= 11 is 1.48. The maximum atomic E-state index is 12.6. The first-order chi connectivity index (χ1) is 11.6. The molecule has 128 valence electrons. The summed E-state index contributed by atoms with van der Waals surface area (Å²) in [5, 5.41) is 15.3. The van der Waals surface area contributed by atoms with Crippen LogP contribution in [0.25, 0.3) is 0 Å². The zero-order chi connectivity index (χ0) is 17.0. The van der Waals surface area contributed by atoms with Crippen LogP contribution in [0, 0.1) is 0 Å². The summed E-state index contributed by atoms with van der Waals surface area (Å²) in [6.07, 6.45) is 5.21. The summed E-state index contributed by atoms with van der Waals surface area (Å²) in [5.41, 5.74) is -0.501. The molecule has 0 spiro atoms. The second-order valence-corrected chi connectivity index (χ2v) is 7.30. The van der Waals surface area contributed by atoms with Crippen molar-refractivity contribution in [3.05, 3.63) is 46.3 Å². The summed E-state index contributed by atoms with van der Waals surface area (Å²) in [7, 11) is 0. The summed E-state index contributed by atoms with van der Waals surface area (Å²) in [5.74, 6) is 0.547. The zero-order valence-corrected chi connectivity index (χ0v) is 14.7. The fourth-order valence-electron chi connectivity index (χ4n) is 2.95. The Labute approximate surface area is 146 Å². The largest absolute Gasteiger partial charge is 0.383 e. The lowest BCUT2D eigenvalue weighted by atomic mass is 10.0. The Morgan fingerprint density at radius 1 is 1.33 bits per heavy atom. The van der Waals surface area contributed by atoms with Crippen LogP contribution in [0.5, 0.6) is 0 Å². The Morgan fingerprint density at radius 2 is 2.12 bits per heavy atom. The lowest BCUT2D eigenvalue weighted by molar-refractivity contribution is 0.0557. The van der Waals surface area contributed by atoms with Gasteiger partial charge in [-0.1, -0.05) is 6.07 Å². The van der Waals surface area contributed by atoms with Gasteiger partial charge in [0.25, 0.3) is 5.91 Å². The van der Waals surface area contributed by atoms with Gasteiger partial charge in [-0.25, -0.2) is 4.98 Å². The van der Waals surface area contributed by atoms with E-state index in [1.165, 1.54) is 17.8 Å². The Kier molecular flexibility index (Phi) is 5.16. The lowest BCUT2D eigenvalue weighted by Crippen LogP contribution is -2.39. The van der Waals surface area contributed by atoms with Crippen LogP contribution in [0.4, 0.5) is 5.82 Å². The molecule has 0 aliphatic carbocycles. The number of aromatic nitrogens is 1. The van der Waals surface area contributed by atoms with Gasteiger partial charge in [0.2, 0.25) is 0 Å². The number of hydrogen-bond acceptors (Lipinski definition) is 5. The Bertz CT molecular complexity index is 679. The van der Waals surface area contributed by atoms with Crippen molar-refractivity contribution in [1.82, 2.24) is 10.3 Å². The highest BCUT2D eigenvalue weighted by Gasteiger charge is 2.26. The fourth-order valence-corrected chi connectivity index (χ4v) is 3.74. The number of carbonyl (C=O) groups is 1. The molecule has 2 aromatic rings. The second kappa shape index (κ2) is 7.32. The smallest absolute Gasteiger partial charge is 0.255 e. The van der Waals surface area contributed by atoms with Gasteiger partial charge in [-0.3, -0.25) is 4.79 Å². The lowest BCUT2D eigenvalue weighted by Gasteiger charge is -2.29.